The molecule has 1 unspecified atom stereocenters. The smallest absolute Gasteiger partial charge is 0.244 e. The van der Waals surface area contributed by atoms with Gasteiger partial charge in [0.25, 0.3) is 0 Å². The average Bonchev–Trinajstić information content (AvgIpc) is 2.38. The number of benzene rings is 2. The second-order valence-electron chi connectivity index (χ2n) is 3.98. The van der Waals surface area contributed by atoms with E-state index in [2.05, 4.69) is 21.2 Å². The lowest BCUT2D eigenvalue weighted by Gasteiger charge is -2.19. The van der Waals surface area contributed by atoms with E-state index in [0.717, 1.165) is 10.2 Å². The first kappa shape index (κ1) is 13.9. The zero-order valence-corrected chi connectivity index (χ0v) is 12.3. The van der Waals surface area contributed by atoms with E-state index in [-0.39, 0.29) is 0 Å². The molecule has 1 amide bonds. The molecule has 2 rings (SSSR count). The number of carbonyl (C=O) groups excluding carboxylic acids is 1. The Morgan fingerprint density at radius 2 is 1.79 bits per heavy atom. The van der Waals surface area contributed by atoms with E-state index >= 15 is 0 Å². The van der Waals surface area contributed by atoms with Crippen LogP contribution in [0, 0.1) is 0 Å². The lowest BCUT2D eigenvalue weighted by molar-refractivity contribution is -0.118. The maximum atomic E-state index is 11.7. The van der Waals surface area contributed by atoms with Gasteiger partial charge in [0.15, 0.2) is 0 Å². The standard InChI is InChI=1S/C14H12BrClN2O/c15-10-6-2-4-8-12(10)18-13(14(17)19)9-5-1-3-7-11(9)16/h1-8,13,18H,(H2,17,19). The van der Waals surface area contributed by atoms with Gasteiger partial charge in [0.1, 0.15) is 6.04 Å². The van der Waals surface area contributed by atoms with Gasteiger partial charge in [-0.25, -0.2) is 0 Å². The molecule has 3 nitrogen and oxygen atoms in total. The van der Waals surface area contributed by atoms with Gasteiger partial charge < -0.3 is 11.1 Å². The van der Waals surface area contributed by atoms with Crippen molar-refractivity contribution >= 4 is 39.1 Å². The van der Waals surface area contributed by atoms with Crippen molar-refractivity contribution in [1.82, 2.24) is 0 Å². The average molecular weight is 340 g/mol. The number of nitrogens with two attached hydrogens (primary N) is 1. The summed E-state index contributed by atoms with van der Waals surface area (Å²) in [6.07, 6.45) is 0. The number of hydrogen-bond donors (Lipinski definition) is 2. The van der Waals surface area contributed by atoms with Gasteiger partial charge in [0.05, 0.1) is 0 Å². The Labute approximate surface area is 124 Å². The van der Waals surface area contributed by atoms with E-state index in [1.807, 2.05) is 36.4 Å². The Kier molecular flexibility index (Phi) is 4.45. The van der Waals surface area contributed by atoms with Crippen molar-refractivity contribution in [3.05, 3.63) is 63.6 Å². The van der Waals surface area contributed by atoms with Crippen LogP contribution in [0.3, 0.4) is 0 Å². The fraction of sp³-hybridized carbons (Fsp3) is 0.0714. The molecule has 98 valence electrons. The first-order valence-electron chi connectivity index (χ1n) is 5.64. The van der Waals surface area contributed by atoms with Gasteiger partial charge in [-0.3, -0.25) is 4.79 Å². The third kappa shape index (κ3) is 3.28. The monoisotopic (exact) mass is 338 g/mol. The van der Waals surface area contributed by atoms with Crippen LogP contribution in [0.2, 0.25) is 5.02 Å². The Morgan fingerprint density at radius 1 is 1.16 bits per heavy atom. The molecule has 0 aliphatic rings. The van der Waals surface area contributed by atoms with Crippen molar-refractivity contribution in [2.75, 3.05) is 5.32 Å². The van der Waals surface area contributed by atoms with Crippen LogP contribution in [0.1, 0.15) is 11.6 Å². The lowest BCUT2D eigenvalue weighted by atomic mass is 10.1. The van der Waals surface area contributed by atoms with E-state index in [9.17, 15) is 4.79 Å². The minimum Gasteiger partial charge on any atom is -0.369 e. The van der Waals surface area contributed by atoms with Crippen molar-refractivity contribution in [2.45, 2.75) is 6.04 Å². The maximum Gasteiger partial charge on any atom is 0.244 e. The molecule has 3 N–H and O–H groups in total. The fourth-order valence-corrected chi connectivity index (χ4v) is 2.39. The highest BCUT2D eigenvalue weighted by atomic mass is 79.9. The number of hydrogen-bond acceptors (Lipinski definition) is 2. The third-order valence-electron chi connectivity index (χ3n) is 2.67. The second-order valence-corrected chi connectivity index (χ2v) is 5.24. The molecule has 0 aliphatic carbocycles. The molecule has 0 saturated heterocycles. The van der Waals surface area contributed by atoms with Crippen molar-refractivity contribution in [3.8, 4) is 0 Å². The summed E-state index contributed by atoms with van der Waals surface area (Å²) in [4.78, 5) is 11.7. The molecule has 0 radical (unpaired) electrons. The summed E-state index contributed by atoms with van der Waals surface area (Å²) in [6.45, 7) is 0. The van der Waals surface area contributed by atoms with Gasteiger partial charge in [-0.15, -0.1) is 0 Å². The second kappa shape index (κ2) is 6.08. The van der Waals surface area contributed by atoms with Crippen molar-refractivity contribution in [3.63, 3.8) is 0 Å². The van der Waals surface area contributed by atoms with Crippen LogP contribution in [0.5, 0.6) is 0 Å². The first-order valence-corrected chi connectivity index (χ1v) is 6.81. The highest BCUT2D eigenvalue weighted by molar-refractivity contribution is 9.10. The summed E-state index contributed by atoms with van der Waals surface area (Å²) in [7, 11) is 0. The molecule has 0 fully saturated rings. The number of primary amides is 1. The van der Waals surface area contributed by atoms with Gasteiger partial charge in [-0.2, -0.15) is 0 Å². The summed E-state index contributed by atoms with van der Waals surface area (Å²) in [5.41, 5.74) is 6.90. The minimum atomic E-state index is -0.674. The summed E-state index contributed by atoms with van der Waals surface area (Å²) >= 11 is 9.53. The molecule has 0 saturated carbocycles. The Hall–Kier alpha value is -1.52. The first-order chi connectivity index (χ1) is 9.09. The zero-order chi connectivity index (χ0) is 13.8. The van der Waals surface area contributed by atoms with Crippen LogP contribution in [-0.4, -0.2) is 5.91 Å². The summed E-state index contributed by atoms with van der Waals surface area (Å²) in [5.74, 6) is -0.483. The van der Waals surface area contributed by atoms with E-state index in [1.165, 1.54) is 0 Å². The number of halogens is 2. The van der Waals surface area contributed by atoms with Crippen LogP contribution >= 0.6 is 27.5 Å². The number of amides is 1. The third-order valence-corrected chi connectivity index (χ3v) is 3.71. The van der Waals surface area contributed by atoms with Gasteiger partial charge >= 0.3 is 0 Å². The van der Waals surface area contributed by atoms with Crippen LogP contribution in [-0.2, 0) is 4.79 Å². The number of nitrogens with one attached hydrogen (secondary N) is 1. The molecule has 0 heterocycles. The molecule has 2 aromatic rings. The molecule has 0 aliphatic heterocycles. The summed E-state index contributed by atoms with van der Waals surface area (Å²) in [6, 6.07) is 14.0. The number of carbonyl (C=O) groups is 1. The predicted molar refractivity (Wildman–Crippen MR) is 81.2 cm³/mol. The van der Waals surface area contributed by atoms with E-state index in [4.69, 9.17) is 17.3 Å². The fourth-order valence-electron chi connectivity index (χ4n) is 1.75. The molecular formula is C14H12BrClN2O. The molecule has 2 aromatic carbocycles. The normalized spacial score (nSPS) is 11.9. The SMILES string of the molecule is NC(=O)C(Nc1ccccc1Br)c1ccccc1Cl. The van der Waals surface area contributed by atoms with Gasteiger partial charge in [0, 0.05) is 20.7 Å². The van der Waals surface area contributed by atoms with Crippen LogP contribution in [0.15, 0.2) is 53.0 Å². The Morgan fingerprint density at radius 3 is 2.42 bits per heavy atom. The van der Waals surface area contributed by atoms with Gasteiger partial charge in [-0.1, -0.05) is 41.9 Å². The Bertz CT molecular complexity index is 604. The van der Waals surface area contributed by atoms with Gasteiger partial charge in [-0.05, 0) is 34.1 Å². The van der Waals surface area contributed by atoms with Crippen LogP contribution in [0.4, 0.5) is 5.69 Å². The Balaban J connectivity index is 2.35. The molecule has 0 aromatic heterocycles. The van der Waals surface area contributed by atoms with E-state index < -0.39 is 11.9 Å². The number of anilines is 1. The molecule has 0 bridgehead atoms. The lowest BCUT2D eigenvalue weighted by Crippen LogP contribution is -2.28. The number of para-hydroxylation sites is 1. The summed E-state index contributed by atoms with van der Waals surface area (Å²) in [5, 5.41) is 3.60. The molecule has 19 heavy (non-hydrogen) atoms. The van der Waals surface area contributed by atoms with E-state index in [0.29, 0.717) is 10.6 Å². The zero-order valence-electron chi connectivity index (χ0n) is 9.94. The topological polar surface area (TPSA) is 55.1 Å². The van der Waals surface area contributed by atoms with E-state index in [1.54, 1.807) is 12.1 Å². The van der Waals surface area contributed by atoms with Gasteiger partial charge in [0.2, 0.25) is 5.91 Å². The predicted octanol–water partition coefficient (Wildman–Crippen LogP) is 3.74. The maximum absolute atomic E-state index is 11.7. The highest BCUT2D eigenvalue weighted by Gasteiger charge is 2.20. The van der Waals surface area contributed by atoms with Crippen molar-refractivity contribution in [2.24, 2.45) is 5.73 Å². The van der Waals surface area contributed by atoms with Crippen LogP contribution < -0.4 is 11.1 Å². The quantitative estimate of drug-likeness (QED) is 0.891. The van der Waals surface area contributed by atoms with Crippen molar-refractivity contribution in [1.29, 1.82) is 0 Å². The van der Waals surface area contributed by atoms with Crippen molar-refractivity contribution < 1.29 is 4.79 Å². The largest absolute Gasteiger partial charge is 0.369 e. The molecule has 0 spiro atoms. The van der Waals surface area contributed by atoms with Crippen LogP contribution in [0.25, 0.3) is 0 Å². The molecular weight excluding hydrogens is 328 g/mol. The summed E-state index contributed by atoms with van der Waals surface area (Å²) < 4.78 is 0.855. The highest BCUT2D eigenvalue weighted by Crippen LogP contribution is 2.29. The molecule has 1 atom stereocenters. The number of rotatable bonds is 4. The minimum absolute atomic E-state index is 0.483. The molecule has 5 heteroatoms.